The number of para-hydroxylation sites is 1. The minimum Gasteiger partial charge on any atom is -0.121 e. The van der Waals surface area contributed by atoms with Crippen LogP contribution in [0, 0.1) is 6.92 Å². The molecule has 4 rings (SSSR count). The first kappa shape index (κ1) is 13.8. The highest BCUT2D eigenvalue weighted by Crippen LogP contribution is 2.23. The van der Waals surface area contributed by atoms with Crippen molar-refractivity contribution in [3.05, 3.63) is 84.6 Å². The average Bonchev–Trinajstić information content (AvgIpc) is 2.91. The zero-order valence-electron chi connectivity index (χ0n) is 13.4. The van der Waals surface area contributed by atoms with Gasteiger partial charge in [0.25, 0.3) is 0 Å². The Labute approximate surface area is 136 Å². The van der Waals surface area contributed by atoms with E-state index in [-0.39, 0.29) is 0 Å². The molecule has 1 aromatic heterocycles. The van der Waals surface area contributed by atoms with Crippen molar-refractivity contribution in [2.45, 2.75) is 6.92 Å². The first-order valence-electron chi connectivity index (χ1n) is 7.86. The van der Waals surface area contributed by atoms with Crippen molar-refractivity contribution >= 4 is 10.9 Å². The number of nitrogens with zero attached hydrogens (tertiary/aromatic N) is 2. The van der Waals surface area contributed by atoms with Crippen LogP contribution in [0.15, 0.2) is 79.0 Å². The number of aromatic nitrogens is 2. The molecule has 2 nitrogen and oxygen atoms in total. The molecule has 0 spiro atoms. The van der Waals surface area contributed by atoms with Crippen LogP contribution >= 0.6 is 0 Å². The van der Waals surface area contributed by atoms with E-state index in [9.17, 15) is 0 Å². The fourth-order valence-electron chi connectivity index (χ4n) is 3.16. The van der Waals surface area contributed by atoms with E-state index in [1.165, 1.54) is 33.3 Å². The van der Waals surface area contributed by atoms with Crippen molar-refractivity contribution in [3.8, 4) is 16.8 Å². The summed E-state index contributed by atoms with van der Waals surface area (Å²) in [4.78, 5) is 0. The lowest BCUT2D eigenvalue weighted by atomic mass is 10.0. The van der Waals surface area contributed by atoms with Gasteiger partial charge in [-0.1, -0.05) is 54.1 Å². The maximum atomic E-state index is 2.23. The Balaban J connectivity index is 1.80. The van der Waals surface area contributed by atoms with Crippen LogP contribution in [0.5, 0.6) is 0 Å². The second-order valence-electron chi connectivity index (χ2n) is 5.99. The van der Waals surface area contributed by atoms with Gasteiger partial charge < -0.3 is 0 Å². The SMILES string of the molecule is Cc1cccc(-c2ccc(-n3c4ccccc4c[n+]3C)cc2)c1. The molecule has 0 fully saturated rings. The maximum absolute atomic E-state index is 2.23. The Morgan fingerprint density at radius 1 is 0.783 bits per heavy atom. The molecular formula is C21H19N2+. The van der Waals surface area contributed by atoms with Gasteiger partial charge in [-0.15, -0.1) is 9.36 Å². The molecule has 0 aliphatic carbocycles. The van der Waals surface area contributed by atoms with Gasteiger partial charge in [0.2, 0.25) is 6.20 Å². The van der Waals surface area contributed by atoms with Crippen molar-refractivity contribution in [3.63, 3.8) is 0 Å². The zero-order chi connectivity index (χ0) is 15.8. The van der Waals surface area contributed by atoms with Crippen LogP contribution in [-0.2, 0) is 7.05 Å². The van der Waals surface area contributed by atoms with Crippen LogP contribution in [-0.4, -0.2) is 4.68 Å². The highest BCUT2D eigenvalue weighted by Gasteiger charge is 2.13. The molecule has 23 heavy (non-hydrogen) atoms. The Morgan fingerprint density at radius 2 is 1.57 bits per heavy atom. The smallest absolute Gasteiger partial charge is 0.121 e. The molecular weight excluding hydrogens is 280 g/mol. The lowest BCUT2D eigenvalue weighted by molar-refractivity contribution is -0.741. The van der Waals surface area contributed by atoms with Gasteiger partial charge in [-0.3, -0.25) is 0 Å². The van der Waals surface area contributed by atoms with E-state index in [2.05, 4.69) is 102 Å². The van der Waals surface area contributed by atoms with Crippen LogP contribution in [0.4, 0.5) is 0 Å². The lowest BCUT2D eigenvalue weighted by Gasteiger charge is -2.06. The number of rotatable bonds is 2. The molecule has 4 aromatic rings. The Kier molecular flexibility index (Phi) is 3.23. The lowest BCUT2D eigenvalue weighted by Crippen LogP contribution is -2.36. The standard InChI is InChI=1S/C21H19N2/c1-16-6-5-8-18(14-16)17-10-12-20(13-11-17)23-21-9-4-3-7-19(21)15-22(23)2/h3-15H,1-2H3/q+1. The molecule has 3 aromatic carbocycles. The van der Waals surface area contributed by atoms with E-state index < -0.39 is 0 Å². The third-order valence-electron chi connectivity index (χ3n) is 4.27. The van der Waals surface area contributed by atoms with Crippen LogP contribution in [0.25, 0.3) is 27.7 Å². The molecule has 0 N–H and O–H groups in total. The van der Waals surface area contributed by atoms with E-state index in [0.717, 1.165) is 0 Å². The predicted molar refractivity (Wildman–Crippen MR) is 94.6 cm³/mol. The first-order chi connectivity index (χ1) is 11.2. The summed E-state index contributed by atoms with van der Waals surface area (Å²) >= 11 is 0. The second kappa shape index (κ2) is 5.40. The van der Waals surface area contributed by atoms with Crippen LogP contribution in [0.1, 0.15) is 5.56 Å². The molecule has 0 unspecified atom stereocenters. The maximum Gasteiger partial charge on any atom is 0.203 e. The number of hydrogen-bond donors (Lipinski definition) is 0. The number of hydrogen-bond acceptors (Lipinski definition) is 0. The van der Waals surface area contributed by atoms with Gasteiger partial charge in [0.1, 0.15) is 11.2 Å². The molecule has 0 aliphatic rings. The Bertz CT molecular complexity index is 978. The van der Waals surface area contributed by atoms with Crippen LogP contribution in [0.3, 0.4) is 0 Å². The van der Waals surface area contributed by atoms with E-state index >= 15 is 0 Å². The summed E-state index contributed by atoms with van der Waals surface area (Å²) in [5.41, 5.74) is 6.19. The van der Waals surface area contributed by atoms with Crippen LogP contribution < -0.4 is 4.68 Å². The quantitative estimate of drug-likeness (QED) is 0.484. The summed E-state index contributed by atoms with van der Waals surface area (Å²) < 4.78 is 4.36. The van der Waals surface area contributed by atoms with E-state index in [0.29, 0.717) is 0 Å². The van der Waals surface area contributed by atoms with Gasteiger partial charge in [0.15, 0.2) is 7.05 Å². The van der Waals surface area contributed by atoms with Gasteiger partial charge in [0, 0.05) is 0 Å². The molecule has 0 atom stereocenters. The molecule has 0 bridgehead atoms. The Hall–Kier alpha value is -2.87. The molecule has 0 aliphatic heterocycles. The van der Waals surface area contributed by atoms with Crippen molar-refractivity contribution < 1.29 is 4.68 Å². The van der Waals surface area contributed by atoms with Gasteiger partial charge >= 0.3 is 0 Å². The molecule has 2 heteroatoms. The number of aryl methyl sites for hydroxylation is 2. The van der Waals surface area contributed by atoms with Crippen LogP contribution in [0.2, 0.25) is 0 Å². The largest absolute Gasteiger partial charge is 0.203 e. The topological polar surface area (TPSA) is 8.81 Å². The summed E-state index contributed by atoms with van der Waals surface area (Å²) in [6.07, 6.45) is 2.16. The van der Waals surface area contributed by atoms with Crippen molar-refractivity contribution in [1.82, 2.24) is 4.68 Å². The monoisotopic (exact) mass is 299 g/mol. The fraction of sp³-hybridized carbons (Fsp3) is 0.0952. The summed E-state index contributed by atoms with van der Waals surface area (Å²) in [6, 6.07) is 25.8. The van der Waals surface area contributed by atoms with Gasteiger partial charge in [-0.25, -0.2) is 0 Å². The summed E-state index contributed by atoms with van der Waals surface area (Å²) in [7, 11) is 2.08. The highest BCUT2D eigenvalue weighted by molar-refractivity contribution is 5.79. The highest BCUT2D eigenvalue weighted by atomic mass is 15.4. The first-order valence-corrected chi connectivity index (χ1v) is 7.86. The molecule has 0 radical (unpaired) electrons. The normalized spacial score (nSPS) is 11.0. The third-order valence-corrected chi connectivity index (χ3v) is 4.27. The van der Waals surface area contributed by atoms with E-state index in [4.69, 9.17) is 0 Å². The second-order valence-corrected chi connectivity index (χ2v) is 5.99. The van der Waals surface area contributed by atoms with Gasteiger partial charge in [-0.05, 0) is 42.3 Å². The third kappa shape index (κ3) is 2.42. The molecule has 0 saturated carbocycles. The summed E-state index contributed by atoms with van der Waals surface area (Å²) in [5, 5.41) is 1.25. The molecule has 0 amide bonds. The number of benzene rings is 3. The summed E-state index contributed by atoms with van der Waals surface area (Å²) in [6.45, 7) is 2.13. The van der Waals surface area contributed by atoms with Crippen molar-refractivity contribution in [1.29, 1.82) is 0 Å². The molecule has 1 heterocycles. The number of fused-ring (bicyclic) bond motifs is 1. The van der Waals surface area contributed by atoms with Gasteiger partial charge in [0.05, 0.1) is 5.39 Å². The molecule has 112 valence electrons. The summed E-state index contributed by atoms with van der Waals surface area (Å²) in [5.74, 6) is 0. The fourth-order valence-corrected chi connectivity index (χ4v) is 3.16. The molecule has 0 saturated heterocycles. The zero-order valence-corrected chi connectivity index (χ0v) is 13.4. The Morgan fingerprint density at radius 3 is 2.35 bits per heavy atom. The predicted octanol–water partition coefficient (Wildman–Crippen LogP) is 4.43. The van der Waals surface area contributed by atoms with Gasteiger partial charge in [-0.2, -0.15) is 0 Å². The minimum atomic E-state index is 1.17. The van der Waals surface area contributed by atoms with Crippen molar-refractivity contribution in [2.24, 2.45) is 7.05 Å². The van der Waals surface area contributed by atoms with E-state index in [1.807, 2.05) is 0 Å². The van der Waals surface area contributed by atoms with Crippen molar-refractivity contribution in [2.75, 3.05) is 0 Å². The average molecular weight is 299 g/mol. The minimum absolute atomic E-state index is 1.17. The van der Waals surface area contributed by atoms with E-state index in [1.54, 1.807) is 0 Å².